The van der Waals surface area contributed by atoms with Crippen molar-refractivity contribution in [3.05, 3.63) is 47.3 Å². The molecular weight excluding hydrogens is 290 g/mol. The lowest BCUT2D eigenvalue weighted by molar-refractivity contribution is 0.0142. The number of aromatic nitrogens is 2. The summed E-state index contributed by atoms with van der Waals surface area (Å²) in [5.74, 6) is -0.165. The van der Waals surface area contributed by atoms with Crippen molar-refractivity contribution in [2.45, 2.75) is 40.2 Å². The number of para-hydroxylation sites is 1. The lowest BCUT2D eigenvalue weighted by Gasteiger charge is -2.27. The Morgan fingerprint density at radius 2 is 2.00 bits per heavy atom. The zero-order chi connectivity index (χ0) is 17.2. The minimum absolute atomic E-state index is 0.0542. The van der Waals surface area contributed by atoms with Crippen LogP contribution in [0.2, 0.25) is 0 Å². The first-order chi connectivity index (χ1) is 10.7. The average Bonchev–Trinajstić information content (AvgIpc) is 2.87. The monoisotopic (exact) mass is 315 g/mol. The van der Waals surface area contributed by atoms with E-state index in [4.69, 9.17) is 0 Å². The number of carbonyl (C=O) groups is 1. The van der Waals surface area contributed by atoms with Gasteiger partial charge in [0.1, 0.15) is 0 Å². The first kappa shape index (κ1) is 17.2. The molecule has 5 nitrogen and oxygen atoms in total. The first-order valence-electron chi connectivity index (χ1n) is 7.85. The van der Waals surface area contributed by atoms with Crippen LogP contribution in [0.5, 0.6) is 0 Å². The molecule has 1 unspecified atom stereocenters. The molecule has 1 atom stereocenters. The molecule has 2 aromatic rings. The fourth-order valence-corrected chi connectivity index (χ4v) is 2.24. The van der Waals surface area contributed by atoms with Gasteiger partial charge in [-0.05, 0) is 38.3 Å². The Balaban J connectivity index is 2.20. The van der Waals surface area contributed by atoms with E-state index in [1.54, 1.807) is 17.8 Å². The van der Waals surface area contributed by atoms with Crippen LogP contribution in [0.15, 0.2) is 30.5 Å². The van der Waals surface area contributed by atoms with Gasteiger partial charge in [0.05, 0.1) is 28.7 Å². The van der Waals surface area contributed by atoms with E-state index in [0.717, 1.165) is 16.9 Å². The molecule has 0 aliphatic heterocycles. The van der Waals surface area contributed by atoms with Crippen molar-refractivity contribution < 1.29 is 9.90 Å². The van der Waals surface area contributed by atoms with Crippen molar-refractivity contribution in [2.24, 2.45) is 5.92 Å². The molecule has 0 bridgehead atoms. The number of rotatable bonds is 5. The van der Waals surface area contributed by atoms with Crippen LogP contribution in [0.25, 0.3) is 5.69 Å². The lowest BCUT2D eigenvalue weighted by atomic mass is 9.92. The standard InChI is InChI=1S/C18H25N3O2/c1-12(2)18(5,23)11-19-17(22)15-10-20-21(14(15)4)16-9-7-6-8-13(16)3/h6-10,12,23H,11H2,1-5H3,(H,19,22). The molecule has 0 aliphatic carbocycles. The third kappa shape index (κ3) is 3.62. The van der Waals surface area contributed by atoms with E-state index in [9.17, 15) is 9.90 Å². The topological polar surface area (TPSA) is 67.2 Å². The Kier molecular flexibility index (Phi) is 4.90. The number of nitrogens with zero attached hydrogens (tertiary/aromatic N) is 2. The minimum atomic E-state index is -0.935. The molecule has 1 aromatic heterocycles. The van der Waals surface area contributed by atoms with Gasteiger partial charge in [-0.25, -0.2) is 4.68 Å². The van der Waals surface area contributed by atoms with Crippen molar-refractivity contribution >= 4 is 5.91 Å². The van der Waals surface area contributed by atoms with Crippen LogP contribution < -0.4 is 5.32 Å². The zero-order valence-corrected chi connectivity index (χ0v) is 14.4. The highest BCUT2D eigenvalue weighted by atomic mass is 16.3. The summed E-state index contributed by atoms with van der Waals surface area (Å²) in [6.45, 7) is 9.66. The molecule has 1 heterocycles. The van der Waals surface area contributed by atoms with E-state index >= 15 is 0 Å². The summed E-state index contributed by atoms with van der Waals surface area (Å²) in [6.07, 6.45) is 1.57. The predicted octanol–water partition coefficient (Wildman–Crippen LogP) is 2.63. The van der Waals surface area contributed by atoms with Gasteiger partial charge in [-0.1, -0.05) is 32.0 Å². The first-order valence-corrected chi connectivity index (χ1v) is 7.85. The zero-order valence-electron chi connectivity index (χ0n) is 14.4. The van der Waals surface area contributed by atoms with Crippen molar-refractivity contribution in [3.63, 3.8) is 0 Å². The third-order valence-electron chi connectivity index (χ3n) is 4.45. The van der Waals surface area contributed by atoms with Crippen molar-refractivity contribution in [1.82, 2.24) is 15.1 Å². The van der Waals surface area contributed by atoms with Gasteiger partial charge < -0.3 is 10.4 Å². The smallest absolute Gasteiger partial charge is 0.254 e. The fraction of sp³-hybridized carbons (Fsp3) is 0.444. The second-order valence-electron chi connectivity index (χ2n) is 6.54. The fourth-order valence-electron chi connectivity index (χ4n) is 2.24. The maximum atomic E-state index is 12.4. The summed E-state index contributed by atoms with van der Waals surface area (Å²) >= 11 is 0. The summed E-state index contributed by atoms with van der Waals surface area (Å²) in [7, 11) is 0. The Bertz CT molecular complexity index is 702. The number of amides is 1. The summed E-state index contributed by atoms with van der Waals surface area (Å²) in [5.41, 5.74) is 2.41. The Labute approximate surface area is 137 Å². The highest BCUT2D eigenvalue weighted by Gasteiger charge is 2.26. The molecule has 5 heteroatoms. The molecule has 0 saturated carbocycles. The normalized spacial score (nSPS) is 13.9. The molecule has 0 fully saturated rings. The van der Waals surface area contributed by atoms with Gasteiger partial charge in [-0.2, -0.15) is 5.10 Å². The third-order valence-corrected chi connectivity index (χ3v) is 4.45. The highest BCUT2D eigenvalue weighted by Crippen LogP contribution is 2.18. The van der Waals surface area contributed by atoms with Gasteiger partial charge in [0, 0.05) is 6.54 Å². The minimum Gasteiger partial charge on any atom is -0.388 e. The quantitative estimate of drug-likeness (QED) is 0.891. The number of aliphatic hydroxyl groups is 1. The average molecular weight is 315 g/mol. The summed E-state index contributed by atoms with van der Waals surface area (Å²) in [5, 5.41) is 17.4. The van der Waals surface area contributed by atoms with Gasteiger partial charge in [-0.3, -0.25) is 4.79 Å². The molecule has 1 amide bonds. The van der Waals surface area contributed by atoms with Crippen LogP contribution in [0.1, 0.15) is 42.4 Å². The second kappa shape index (κ2) is 6.54. The van der Waals surface area contributed by atoms with Crippen molar-refractivity contribution in [2.75, 3.05) is 6.54 Å². The number of hydrogen-bond donors (Lipinski definition) is 2. The molecule has 2 N–H and O–H groups in total. The molecule has 0 saturated heterocycles. The van der Waals surface area contributed by atoms with Crippen LogP contribution in [0.4, 0.5) is 0 Å². The predicted molar refractivity (Wildman–Crippen MR) is 90.8 cm³/mol. The summed E-state index contributed by atoms with van der Waals surface area (Å²) in [4.78, 5) is 12.4. The van der Waals surface area contributed by atoms with Crippen LogP contribution in [-0.4, -0.2) is 32.9 Å². The number of aryl methyl sites for hydroxylation is 1. The summed E-state index contributed by atoms with van der Waals surface area (Å²) in [6, 6.07) is 7.90. The van der Waals surface area contributed by atoms with E-state index in [2.05, 4.69) is 10.4 Å². The Morgan fingerprint density at radius 3 is 2.61 bits per heavy atom. The van der Waals surface area contributed by atoms with Gasteiger partial charge >= 0.3 is 0 Å². The van der Waals surface area contributed by atoms with E-state index in [1.165, 1.54) is 0 Å². The van der Waals surface area contributed by atoms with Gasteiger partial charge in [-0.15, -0.1) is 0 Å². The lowest BCUT2D eigenvalue weighted by Crippen LogP contribution is -2.44. The van der Waals surface area contributed by atoms with Gasteiger partial charge in [0.25, 0.3) is 5.91 Å². The number of carbonyl (C=O) groups excluding carboxylic acids is 1. The SMILES string of the molecule is Cc1ccccc1-n1ncc(C(=O)NCC(C)(O)C(C)C)c1C. The summed E-state index contributed by atoms with van der Waals surface area (Å²) < 4.78 is 1.77. The Morgan fingerprint density at radius 1 is 1.35 bits per heavy atom. The maximum Gasteiger partial charge on any atom is 0.254 e. The van der Waals surface area contributed by atoms with Gasteiger partial charge in [0.2, 0.25) is 0 Å². The number of benzene rings is 1. The molecule has 124 valence electrons. The van der Waals surface area contributed by atoms with Crippen molar-refractivity contribution in [1.29, 1.82) is 0 Å². The van der Waals surface area contributed by atoms with E-state index < -0.39 is 5.60 Å². The molecule has 1 aromatic carbocycles. The Hall–Kier alpha value is -2.14. The maximum absolute atomic E-state index is 12.4. The number of nitrogens with one attached hydrogen (secondary N) is 1. The highest BCUT2D eigenvalue weighted by molar-refractivity contribution is 5.95. The van der Waals surface area contributed by atoms with Gasteiger partial charge in [0.15, 0.2) is 0 Å². The van der Waals surface area contributed by atoms with E-state index in [1.807, 2.05) is 52.0 Å². The van der Waals surface area contributed by atoms with Crippen LogP contribution in [-0.2, 0) is 0 Å². The largest absolute Gasteiger partial charge is 0.388 e. The molecule has 0 radical (unpaired) electrons. The van der Waals surface area contributed by atoms with Crippen LogP contribution in [0.3, 0.4) is 0 Å². The second-order valence-corrected chi connectivity index (χ2v) is 6.54. The molecule has 2 rings (SSSR count). The van der Waals surface area contributed by atoms with E-state index in [0.29, 0.717) is 5.56 Å². The van der Waals surface area contributed by atoms with Crippen molar-refractivity contribution in [3.8, 4) is 5.69 Å². The van der Waals surface area contributed by atoms with E-state index in [-0.39, 0.29) is 18.4 Å². The molecule has 23 heavy (non-hydrogen) atoms. The molecular formula is C18H25N3O2. The molecule has 0 aliphatic rings. The number of hydrogen-bond acceptors (Lipinski definition) is 3. The van der Waals surface area contributed by atoms with Crippen LogP contribution >= 0.6 is 0 Å². The van der Waals surface area contributed by atoms with Crippen LogP contribution in [0, 0.1) is 19.8 Å². The molecule has 0 spiro atoms.